The van der Waals surface area contributed by atoms with Gasteiger partial charge in [0.15, 0.2) is 5.60 Å². The second-order valence-electron chi connectivity index (χ2n) is 16.0. The van der Waals surface area contributed by atoms with E-state index in [1.807, 2.05) is 95.9 Å². The maximum atomic E-state index is 15.3. The van der Waals surface area contributed by atoms with Crippen molar-refractivity contribution in [3.63, 3.8) is 0 Å². The fourth-order valence-electron chi connectivity index (χ4n) is 9.18. The number of carbonyl (C=O) groups excluding carboxylic acids is 2. The molecule has 5 aromatic carbocycles. The number of carbonyl (C=O) groups is 2. The summed E-state index contributed by atoms with van der Waals surface area (Å²) in [5.41, 5.74) is 3.70. The minimum absolute atomic E-state index is 0.0299. The van der Waals surface area contributed by atoms with Crippen molar-refractivity contribution < 1.29 is 28.9 Å². The Hall–Kier alpha value is -6.08. The van der Waals surface area contributed by atoms with E-state index in [0.29, 0.717) is 42.2 Å². The van der Waals surface area contributed by atoms with E-state index in [1.165, 1.54) is 5.19 Å². The van der Waals surface area contributed by atoms with Gasteiger partial charge in [-0.3, -0.25) is 14.3 Å². The molecule has 0 aliphatic carbocycles. The van der Waals surface area contributed by atoms with E-state index in [1.54, 1.807) is 49.4 Å². The summed E-state index contributed by atoms with van der Waals surface area (Å²) < 4.78 is 19.8. The lowest BCUT2D eigenvalue weighted by molar-refractivity contribution is -0.146. The van der Waals surface area contributed by atoms with Crippen molar-refractivity contribution in [2.75, 3.05) is 24.4 Å². The molecule has 0 saturated carbocycles. The second kappa shape index (κ2) is 16.3. The maximum Gasteiger partial charge on any atom is 0.264 e. The highest BCUT2D eigenvalue weighted by molar-refractivity contribution is 6.91. The third-order valence-electron chi connectivity index (χ3n) is 12.2. The quantitative estimate of drug-likeness (QED) is 0.115. The lowest BCUT2D eigenvalue weighted by Crippen LogP contribution is -2.51. The Labute approximate surface area is 345 Å². The van der Waals surface area contributed by atoms with Crippen LogP contribution >= 0.6 is 0 Å². The van der Waals surface area contributed by atoms with Crippen molar-refractivity contribution in [1.82, 2.24) is 15.0 Å². The lowest BCUT2D eigenvalue weighted by atomic mass is 9.82. The number of para-hydroxylation sites is 1. The molecule has 1 fully saturated rings. The Kier molecular flexibility index (Phi) is 11.0. The molecular formula is C47H49N5O6Si. The molecule has 0 radical (unpaired) electrons. The highest BCUT2D eigenvalue weighted by atomic mass is 28.3. The number of ether oxygens (including phenoxy) is 3. The number of rotatable bonds is 13. The molecule has 5 atom stereocenters. The Bertz CT molecular complexity index is 2440. The van der Waals surface area contributed by atoms with Crippen LogP contribution in [0.15, 0.2) is 134 Å². The number of nitrogens with zero attached hydrogens (tertiary/aromatic N) is 4. The van der Waals surface area contributed by atoms with Crippen molar-refractivity contribution in [3.8, 4) is 11.5 Å². The zero-order valence-electron chi connectivity index (χ0n) is 33.9. The maximum absolute atomic E-state index is 15.3. The van der Waals surface area contributed by atoms with Crippen molar-refractivity contribution >= 4 is 36.4 Å². The molecule has 2 aliphatic heterocycles. The molecule has 8 rings (SSSR count). The van der Waals surface area contributed by atoms with Gasteiger partial charge in [0.2, 0.25) is 0 Å². The summed E-state index contributed by atoms with van der Waals surface area (Å²) in [6, 6.07) is 40.3. The third kappa shape index (κ3) is 7.43. The first kappa shape index (κ1) is 39.7. The van der Waals surface area contributed by atoms with Crippen LogP contribution in [0.25, 0.3) is 0 Å². The highest BCUT2D eigenvalue weighted by Gasteiger charge is 2.66. The molecule has 1 spiro atoms. The molecule has 6 aromatic rings. The van der Waals surface area contributed by atoms with Crippen LogP contribution in [0.3, 0.4) is 0 Å². The van der Waals surface area contributed by atoms with Crippen LogP contribution in [0.5, 0.6) is 11.5 Å². The molecule has 2 amide bonds. The van der Waals surface area contributed by atoms with Crippen LogP contribution < -0.4 is 24.9 Å². The molecule has 0 unspecified atom stereocenters. The van der Waals surface area contributed by atoms with E-state index in [9.17, 15) is 9.90 Å². The number of hydrogen-bond donors (Lipinski definition) is 2. The fraction of sp³-hybridized carbons (Fsp3) is 0.277. The van der Waals surface area contributed by atoms with Crippen molar-refractivity contribution in [3.05, 3.63) is 162 Å². The first-order valence-electron chi connectivity index (χ1n) is 19.9. The van der Waals surface area contributed by atoms with E-state index >= 15 is 4.79 Å². The Morgan fingerprint density at radius 3 is 2.29 bits per heavy atom. The number of aliphatic hydroxyl groups excluding tert-OH is 1. The van der Waals surface area contributed by atoms with E-state index in [0.717, 1.165) is 28.1 Å². The summed E-state index contributed by atoms with van der Waals surface area (Å²) in [5.74, 6) is 0.943. The standard InChI is InChI=1S/C47H49N5O6Si/c1-31-44(59(4,5)38-24-22-37(57-3)23-25-38)42(26-27-51-30-40(49-50-51)43(53)33-13-7-6-8-14-33)58-47(31)39-16-9-10-17-41(39)52(46(47)55)29-32-12-11-15-35(28-32)48-45(54)34-18-20-36(56-2)21-19-34/h6-25,28,30-31,42-44,53H,26-27,29H2,1-5H3,(H,48,54)/t31-,42+,43-,44-,47+/m1/s1. The second-order valence-corrected chi connectivity index (χ2v) is 20.6. The number of aliphatic hydroxyl groups is 1. The molecular weight excluding hydrogens is 759 g/mol. The third-order valence-corrected chi connectivity index (χ3v) is 16.6. The predicted molar refractivity (Wildman–Crippen MR) is 230 cm³/mol. The van der Waals surface area contributed by atoms with Gasteiger partial charge in [-0.1, -0.05) is 103 Å². The number of fused-ring (bicyclic) bond motifs is 2. The average Bonchev–Trinajstić information content (AvgIpc) is 3.93. The summed E-state index contributed by atoms with van der Waals surface area (Å²) in [6.07, 6.45) is 1.18. The average molecular weight is 808 g/mol. The predicted octanol–water partition coefficient (Wildman–Crippen LogP) is 7.48. The number of methoxy groups -OCH3 is 2. The summed E-state index contributed by atoms with van der Waals surface area (Å²) >= 11 is 0. The van der Waals surface area contributed by atoms with Gasteiger partial charge in [0, 0.05) is 29.3 Å². The van der Waals surface area contributed by atoms with E-state index < -0.39 is 19.8 Å². The first-order valence-corrected chi connectivity index (χ1v) is 23.0. The number of benzene rings is 5. The van der Waals surface area contributed by atoms with Crippen molar-refractivity contribution in [2.24, 2.45) is 5.92 Å². The summed E-state index contributed by atoms with van der Waals surface area (Å²) in [5, 5.41) is 24.0. The minimum Gasteiger partial charge on any atom is -0.497 e. The van der Waals surface area contributed by atoms with Crippen LogP contribution in [0.2, 0.25) is 18.6 Å². The van der Waals surface area contributed by atoms with Crippen LogP contribution in [0.1, 0.15) is 52.2 Å². The van der Waals surface area contributed by atoms with Gasteiger partial charge in [-0.25, -0.2) is 0 Å². The van der Waals surface area contributed by atoms with Gasteiger partial charge in [-0.15, -0.1) is 5.10 Å². The van der Waals surface area contributed by atoms with Crippen LogP contribution in [0.4, 0.5) is 11.4 Å². The normalized spacial score (nSPS) is 20.4. The first-order chi connectivity index (χ1) is 28.5. The van der Waals surface area contributed by atoms with Crippen molar-refractivity contribution in [1.29, 1.82) is 0 Å². The van der Waals surface area contributed by atoms with Gasteiger partial charge in [-0.05, 0) is 77.7 Å². The van der Waals surface area contributed by atoms with Gasteiger partial charge >= 0.3 is 0 Å². The van der Waals surface area contributed by atoms with E-state index in [-0.39, 0.29) is 29.4 Å². The van der Waals surface area contributed by atoms with E-state index in [4.69, 9.17) is 14.2 Å². The summed E-state index contributed by atoms with van der Waals surface area (Å²) in [4.78, 5) is 30.3. The largest absolute Gasteiger partial charge is 0.497 e. The highest BCUT2D eigenvalue weighted by Crippen LogP contribution is 2.60. The minimum atomic E-state index is -2.38. The Morgan fingerprint density at radius 1 is 0.898 bits per heavy atom. The zero-order valence-corrected chi connectivity index (χ0v) is 34.9. The van der Waals surface area contributed by atoms with Gasteiger partial charge in [0.05, 0.1) is 46.8 Å². The van der Waals surface area contributed by atoms with Gasteiger partial charge < -0.3 is 29.5 Å². The Balaban J connectivity index is 1.09. The number of anilines is 2. The number of aromatic nitrogens is 3. The van der Waals surface area contributed by atoms with Crippen molar-refractivity contribution in [2.45, 2.75) is 62.9 Å². The van der Waals surface area contributed by atoms with Gasteiger partial charge in [-0.2, -0.15) is 0 Å². The van der Waals surface area contributed by atoms with E-state index in [2.05, 4.69) is 47.8 Å². The van der Waals surface area contributed by atoms with Crippen LogP contribution in [0, 0.1) is 5.92 Å². The number of aryl methyl sites for hydroxylation is 1. The molecule has 59 heavy (non-hydrogen) atoms. The SMILES string of the molecule is COc1ccc(C(=O)Nc2cccc(CN3C(=O)[C@@]4(O[C@@H](CCn5cc([C@H](O)c6ccccc6)nn5)[C@H]([Si](C)(C)c5ccc(OC)cc5)[C@H]4C)c4ccccc43)c2)cc1. The number of amides is 2. The molecule has 1 saturated heterocycles. The number of hydrogen-bond acceptors (Lipinski definition) is 8. The molecule has 3 heterocycles. The zero-order chi connectivity index (χ0) is 41.3. The summed E-state index contributed by atoms with van der Waals surface area (Å²) in [6.45, 7) is 7.69. The van der Waals surface area contributed by atoms with Gasteiger partial charge in [0.25, 0.3) is 11.8 Å². The molecule has 2 N–H and O–H groups in total. The topological polar surface area (TPSA) is 128 Å². The summed E-state index contributed by atoms with van der Waals surface area (Å²) in [7, 11) is 0.872. The molecule has 302 valence electrons. The molecule has 1 aromatic heterocycles. The molecule has 11 nitrogen and oxygen atoms in total. The smallest absolute Gasteiger partial charge is 0.264 e. The van der Waals surface area contributed by atoms with Gasteiger partial charge in [0.1, 0.15) is 23.3 Å². The van der Waals surface area contributed by atoms with Crippen LogP contribution in [-0.4, -0.2) is 60.3 Å². The van der Waals surface area contributed by atoms with Crippen LogP contribution in [-0.2, 0) is 28.2 Å². The fourth-order valence-corrected chi connectivity index (χ4v) is 13.2. The Morgan fingerprint density at radius 2 is 1.58 bits per heavy atom. The lowest BCUT2D eigenvalue weighted by Gasteiger charge is -2.37. The molecule has 12 heteroatoms. The monoisotopic (exact) mass is 807 g/mol. The molecule has 0 bridgehead atoms. The molecule has 2 aliphatic rings. The number of nitrogens with one attached hydrogen (secondary N) is 1.